The second-order valence-corrected chi connectivity index (χ2v) is 6.18. The summed E-state index contributed by atoms with van der Waals surface area (Å²) >= 11 is 12.0. The Bertz CT molecular complexity index is 913. The molecule has 3 rings (SSSR count). The lowest BCUT2D eigenvalue weighted by molar-refractivity contribution is 0.102. The van der Waals surface area contributed by atoms with Crippen molar-refractivity contribution in [2.45, 2.75) is 6.92 Å². The topological polar surface area (TPSA) is 66.9 Å². The third kappa shape index (κ3) is 4.47. The molecule has 0 aliphatic heterocycles. The van der Waals surface area contributed by atoms with Crippen LogP contribution in [0.4, 0.5) is 17.3 Å². The molecule has 0 atom stereocenters. The number of nitrogens with zero attached hydrogens (tertiary/aromatic N) is 2. The number of hydrogen-bond donors (Lipinski definition) is 2. The number of nitrogens with one attached hydrogen (secondary N) is 2. The molecule has 0 fully saturated rings. The van der Waals surface area contributed by atoms with E-state index >= 15 is 0 Å². The molecule has 7 heteroatoms. The van der Waals surface area contributed by atoms with Gasteiger partial charge in [0, 0.05) is 16.9 Å². The first kappa shape index (κ1) is 17.2. The summed E-state index contributed by atoms with van der Waals surface area (Å²) in [6.07, 6.45) is 1.51. The second-order valence-electron chi connectivity index (χ2n) is 5.33. The summed E-state index contributed by atoms with van der Waals surface area (Å²) in [5.74, 6) is -0.0767. The van der Waals surface area contributed by atoms with Gasteiger partial charge < -0.3 is 10.6 Å². The van der Waals surface area contributed by atoms with Crippen molar-refractivity contribution in [1.82, 2.24) is 9.97 Å². The van der Waals surface area contributed by atoms with Gasteiger partial charge in [0.25, 0.3) is 5.91 Å². The molecule has 0 spiro atoms. The first-order chi connectivity index (χ1) is 12.0. The van der Waals surface area contributed by atoms with E-state index in [1.165, 1.54) is 12.3 Å². The van der Waals surface area contributed by atoms with E-state index in [9.17, 15) is 4.79 Å². The van der Waals surface area contributed by atoms with Gasteiger partial charge in [-0.1, -0.05) is 40.9 Å². The Balaban J connectivity index is 1.77. The summed E-state index contributed by atoms with van der Waals surface area (Å²) in [4.78, 5) is 20.8. The Labute approximate surface area is 155 Å². The van der Waals surface area contributed by atoms with E-state index in [-0.39, 0.29) is 5.69 Å². The van der Waals surface area contributed by atoms with E-state index < -0.39 is 5.91 Å². The van der Waals surface area contributed by atoms with Gasteiger partial charge in [0.1, 0.15) is 5.69 Å². The molecular weight excluding hydrogens is 359 g/mol. The van der Waals surface area contributed by atoms with Gasteiger partial charge in [0.05, 0.1) is 10.7 Å². The molecule has 126 valence electrons. The van der Waals surface area contributed by atoms with Crippen LogP contribution in [0.15, 0.2) is 54.7 Å². The Morgan fingerprint density at radius 1 is 1.04 bits per heavy atom. The number of aromatic nitrogens is 2. The molecule has 5 nitrogen and oxygen atoms in total. The smallest absolute Gasteiger partial charge is 0.274 e. The minimum atomic E-state index is -0.404. The van der Waals surface area contributed by atoms with Crippen LogP contribution in [0.3, 0.4) is 0 Å². The zero-order valence-corrected chi connectivity index (χ0v) is 14.8. The zero-order valence-electron chi connectivity index (χ0n) is 13.3. The summed E-state index contributed by atoms with van der Waals surface area (Å²) in [6.45, 7) is 2.01. The van der Waals surface area contributed by atoms with Crippen LogP contribution in [-0.4, -0.2) is 15.9 Å². The van der Waals surface area contributed by atoms with Gasteiger partial charge in [-0.2, -0.15) is 0 Å². The maximum Gasteiger partial charge on any atom is 0.274 e. The maximum atomic E-state index is 12.4. The van der Waals surface area contributed by atoms with Crippen LogP contribution in [0.2, 0.25) is 10.0 Å². The molecule has 0 radical (unpaired) electrons. The molecular formula is C18H14Cl2N4O. The summed E-state index contributed by atoms with van der Waals surface area (Å²) in [5, 5.41) is 6.62. The number of carbonyl (C=O) groups excluding carboxylic acids is 1. The normalized spacial score (nSPS) is 10.4. The van der Waals surface area contributed by atoms with Crippen molar-refractivity contribution >= 4 is 46.4 Å². The van der Waals surface area contributed by atoms with Gasteiger partial charge in [-0.3, -0.25) is 4.79 Å². The van der Waals surface area contributed by atoms with Crippen molar-refractivity contribution in [3.8, 4) is 0 Å². The minimum absolute atomic E-state index is 0.209. The SMILES string of the molecule is Cc1ccc(Nc2nccc(C(=O)Nc3cc(Cl)ccc3Cl)n2)cc1. The Kier molecular flexibility index (Phi) is 5.16. The molecule has 25 heavy (non-hydrogen) atoms. The van der Waals surface area contributed by atoms with Crippen LogP contribution in [-0.2, 0) is 0 Å². The van der Waals surface area contributed by atoms with Crippen molar-refractivity contribution in [2.24, 2.45) is 0 Å². The Morgan fingerprint density at radius 2 is 1.80 bits per heavy atom. The fourth-order valence-corrected chi connectivity index (χ4v) is 2.43. The average molecular weight is 373 g/mol. The lowest BCUT2D eigenvalue weighted by atomic mass is 10.2. The predicted molar refractivity (Wildman–Crippen MR) is 101 cm³/mol. The molecule has 0 saturated heterocycles. The molecule has 2 aromatic carbocycles. The highest BCUT2D eigenvalue weighted by Gasteiger charge is 2.11. The van der Waals surface area contributed by atoms with E-state index in [0.717, 1.165) is 11.3 Å². The molecule has 0 aliphatic carbocycles. The molecule has 0 unspecified atom stereocenters. The number of amides is 1. The van der Waals surface area contributed by atoms with Crippen molar-refractivity contribution in [3.63, 3.8) is 0 Å². The van der Waals surface area contributed by atoms with Crippen molar-refractivity contribution in [1.29, 1.82) is 0 Å². The number of benzene rings is 2. The van der Waals surface area contributed by atoms with E-state index in [1.807, 2.05) is 31.2 Å². The van der Waals surface area contributed by atoms with Gasteiger partial charge in [-0.25, -0.2) is 9.97 Å². The standard InChI is InChI=1S/C18H14Cl2N4O/c1-11-2-5-13(6-3-11)22-18-21-9-8-15(24-18)17(25)23-16-10-12(19)4-7-14(16)20/h2-10H,1H3,(H,23,25)(H,21,22,24). The Hall–Kier alpha value is -2.63. The van der Waals surface area contributed by atoms with Crippen molar-refractivity contribution in [2.75, 3.05) is 10.6 Å². The van der Waals surface area contributed by atoms with Crippen LogP contribution in [0.1, 0.15) is 16.1 Å². The summed E-state index contributed by atoms with van der Waals surface area (Å²) in [7, 11) is 0. The number of rotatable bonds is 4. The van der Waals surface area contributed by atoms with Gasteiger partial charge >= 0.3 is 0 Å². The molecule has 1 amide bonds. The number of hydrogen-bond acceptors (Lipinski definition) is 4. The summed E-state index contributed by atoms with van der Waals surface area (Å²) in [5.41, 5.74) is 2.62. The highest BCUT2D eigenvalue weighted by atomic mass is 35.5. The van der Waals surface area contributed by atoms with E-state index in [1.54, 1.807) is 18.2 Å². The first-order valence-corrected chi connectivity index (χ1v) is 8.20. The van der Waals surface area contributed by atoms with Crippen molar-refractivity contribution in [3.05, 3.63) is 76.0 Å². The van der Waals surface area contributed by atoms with Crippen LogP contribution < -0.4 is 10.6 Å². The minimum Gasteiger partial charge on any atom is -0.324 e. The monoisotopic (exact) mass is 372 g/mol. The molecule has 3 aromatic rings. The first-order valence-electron chi connectivity index (χ1n) is 7.44. The fourth-order valence-electron chi connectivity index (χ4n) is 2.09. The van der Waals surface area contributed by atoms with Gasteiger partial charge in [0.15, 0.2) is 0 Å². The highest BCUT2D eigenvalue weighted by molar-refractivity contribution is 6.35. The number of anilines is 3. The van der Waals surface area contributed by atoms with E-state index in [4.69, 9.17) is 23.2 Å². The number of halogens is 2. The highest BCUT2D eigenvalue weighted by Crippen LogP contribution is 2.25. The molecule has 0 saturated carbocycles. The average Bonchev–Trinajstić information content (AvgIpc) is 2.60. The van der Waals surface area contributed by atoms with E-state index in [0.29, 0.717) is 21.7 Å². The van der Waals surface area contributed by atoms with E-state index in [2.05, 4.69) is 20.6 Å². The van der Waals surface area contributed by atoms with Crippen LogP contribution in [0, 0.1) is 6.92 Å². The van der Waals surface area contributed by atoms with Crippen LogP contribution in [0.25, 0.3) is 0 Å². The van der Waals surface area contributed by atoms with Gasteiger partial charge in [-0.05, 0) is 43.3 Å². The molecule has 1 aromatic heterocycles. The maximum absolute atomic E-state index is 12.4. The molecule has 0 aliphatic rings. The number of carbonyl (C=O) groups is 1. The third-order valence-electron chi connectivity index (χ3n) is 3.37. The molecule has 1 heterocycles. The van der Waals surface area contributed by atoms with Crippen LogP contribution in [0.5, 0.6) is 0 Å². The predicted octanol–water partition coefficient (Wildman–Crippen LogP) is 5.09. The largest absolute Gasteiger partial charge is 0.324 e. The van der Waals surface area contributed by atoms with Gasteiger partial charge in [-0.15, -0.1) is 0 Å². The summed E-state index contributed by atoms with van der Waals surface area (Å²) in [6, 6.07) is 14.1. The quantitative estimate of drug-likeness (QED) is 0.669. The zero-order chi connectivity index (χ0) is 17.8. The number of aryl methyl sites for hydroxylation is 1. The Morgan fingerprint density at radius 3 is 2.56 bits per heavy atom. The third-order valence-corrected chi connectivity index (χ3v) is 3.94. The molecule has 0 bridgehead atoms. The lowest BCUT2D eigenvalue weighted by Gasteiger charge is -2.09. The lowest BCUT2D eigenvalue weighted by Crippen LogP contribution is -2.15. The fraction of sp³-hybridized carbons (Fsp3) is 0.0556. The molecule has 2 N–H and O–H groups in total. The van der Waals surface area contributed by atoms with Crippen molar-refractivity contribution < 1.29 is 4.79 Å². The summed E-state index contributed by atoms with van der Waals surface area (Å²) < 4.78 is 0. The van der Waals surface area contributed by atoms with Gasteiger partial charge in [0.2, 0.25) is 5.95 Å². The van der Waals surface area contributed by atoms with Crippen LogP contribution >= 0.6 is 23.2 Å². The second kappa shape index (κ2) is 7.51.